The molecule has 0 saturated heterocycles. The molecule has 8 nitrogen and oxygen atoms in total. The van der Waals surface area contributed by atoms with Crippen LogP contribution in [0.2, 0.25) is 0 Å². The lowest BCUT2D eigenvalue weighted by atomic mass is 10.2. The zero-order chi connectivity index (χ0) is 21.6. The number of aryl methyl sites for hydroxylation is 1. The lowest BCUT2D eigenvalue weighted by Crippen LogP contribution is -2.12. The van der Waals surface area contributed by atoms with Gasteiger partial charge in [-0.25, -0.2) is 15.0 Å². The predicted molar refractivity (Wildman–Crippen MR) is 124 cm³/mol. The molecule has 154 valence electrons. The number of hydrogen-bond donors (Lipinski definition) is 3. The van der Waals surface area contributed by atoms with Crippen molar-refractivity contribution in [2.45, 2.75) is 6.92 Å². The number of nitrogens with one attached hydrogen (secondary N) is 3. The fraction of sp³-hybridized carbons (Fsp3) is 0.0455. The van der Waals surface area contributed by atoms with Crippen molar-refractivity contribution in [1.29, 1.82) is 0 Å². The molecule has 1 aromatic carbocycles. The van der Waals surface area contributed by atoms with Crippen molar-refractivity contribution in [3.8, 4) is 0 Å². The smallest absolute Gasteiger partial charge is 0.257 e. The minimum Gasteiger partial charge on any atom is -0.340 e. The van der Waals surface area contributed by atoms with Crippen LogP contribution in [0.3, 0.4) is 0 Å². The molecule has 9 heteroatoms. The van der Waals surface area contributed by atoms with Crippen LogP contribution in [0, 0.1) is 6.92 Å². The van der Waals surface area contributed by atoms with Crippen LogP contribution in [0.4, 0.5) is 28.8 Å². The van der Waals surface area contributed by atoms with Gasteiger partial charge in [-0.05, 0) is 65.3 Å². The van der Waals surface area contributed by atoms with Gasteiger partial charge < -0.3 is 16.0 Å². The molecule has 4 rings (SSSR count). The van der Waals surface area contributed by atoms with Crippen molar-refractivity contribution in [1.82, 2.24) is 19.9 Å². The van der Waals surface area contributed by atoms with Crippen molar-refractivity contribution < 1.29 is 4.79 Å². The molecule has 1 amide bonds. The van der Waals surface area contributed by atoms with Gasteiger partial charge in [0.15, 0.2) is 0 Å². The highest BCUT2D eigenvalue weighted by atomic mass is 79.9. The zero-order valence-corrected chi connectivity index (χ0v) is 18.1. The maximum Gasteiger partial charge on any atom is 0.257 e. The molecule has 0 unspecified atom stereocenters. The first-order valence-electron chi connectivity index (χ1n) is 9.38. The summed E-state index contributed by atoms with van der Waals surface area (Å²) >= 11 is 3.32. The average molecular weight is 476 g/mol. The van der Waals surface area contributed by atoms with Crippen molar-refractivity contribution in [3.63, 3.8) is 0 Å². The summed E-state index contributed by atoms with van der Waals surface area (Å²) in [6.07, 6.45) is 4.86. The number of pyridine rings is 2. The van der Waals surface area contributed by atoms with E-state index in [1.165, 1.54) is 6.20 Å². The third-order valence-electron chi connectivity index (χ3n) is 4.14. The van der Waals surface area contributed by atoms with Gasteiger partial charge in [-0.15, -0.1) is 0 Å². The fourth-order valence-corrected chi connectivity index (χ4v) is 3.15. The quantitative estimate of drug-likeness (QED) is 0.357. The summed E-state index contributed by atoms with van der Waals surface area (Å²) in [4.78, 5) is 29.4. The molecule has 3 aromatic heterocycles. The SMILES string of the molecule is Cc1nc(Nc2ccc(NC(=O)c3cncc(Br)c3)cc2)cc(Nc2ccccn2)n1. The Labute approximate surface area is 187 Å². The Morgan fingerprint density at radius 1 is 0.871 bits per heavy atom. The highest BCUT2D eigenvalue weighted by Gasteiger charge is 2.08. The standard InChI is InChI=1S/C22H18BrN7O/c1-14-26-20(11-21(27-14)30-19-4-2-3-9-25-19)28-17-5-7-18(8-6-17)29-22(31)15-10-16(23)13-24-12-15/h2-13H,1H3,(H,29,31)(H2,25,26,27,28,30). The van der Waals surface area contributed by atoms with Gasteiger partial charge in [0.1, 0.15) is 23.3 Å². The maximum absolute atomic E-state index is 12.4. The van der Waals surface area contributed by atoms with Crippen LogP contribution in [0.25, 0.3) is 0 Å². The highest BCUT2D eigenvalue weighted by Crippen LogP contribution is 2.21. The summed E-state index contributed by atoms with van der Waals surface area (Å²) < 4.78 is 0.747. The second kappa shape index (κ2) is 9.31. The minimum atomic E-state index is -0.230. The Hall–Kier alpha value is -3.85. The van der Waals surface area contributed by atoms with Crippen LogP contribution in [0.15, 0.2) is 77.7 Å². The van der Waals surface area contributed by atoms with E-state index in [-0.39, 0.29) is 5.91 Å². The average Bonchev–Trinajstić information content (AvgIpc) is 2.75. The van der Waals surface area contributed by atoms with Crippen molar-refractivity contribution >= 4 is 50.7 Å². The predicted octanol–water partition coefficient (Wildman–Crippen LogP) is 5.08. The van der Waals surface area contributed by atoms with Crippen LogP contribution in [-0.4, -0.2) is 25.8 Å². The van der Waals surface area contributed by atoms with Gasteiger partial charge in [-0.2, -0.15) is 0 Å². The summed E-state index contributed by atoms with van der Waals surface area (Å²) in [6, 6.07) is 16.5. The molecule has 0 atom stereocenters. The summed E-state index contributed by atoms with van der Waals surface area (Å²) in [7, 11) is 0. The van der Waals surface area contributed by atoms with Crippen LogP contribution in [0.5, 0.6) is 0 Å². The molecule has 4 aromatic rings. The van der Waals surface area contributed by atoms with E-state index in [1.54, 1.807) is 24.5 Å². The molecule has 0 fully saturated rings. The molecule has 0 spiro atoms. The first kappa shape index (κ1) is 20.4. The van der Waals surface area contributed by atoms with Crippen LogP contribution < -0.4 is 16.0 Å². The van der Waals surface area contributed by atoms with Gasteiger partial charge >= 0.3 is 0 Å². The van der Waals surface area contributed by atoms with Crippen LogP contribution in [-0.2, 0) is 0 Å². The zero-order valence-electron chi connectivity index (χ0n) is 16.5. The first-order valence-corrected chi connectivity index (χ1v) is 10.2. The Kier molecular flexibility index (Phi) is 6.13. The van der Waals surface area contributed by atoms with E-state index >= 15 is 0 Å². The third kappa shape index (κ3) is 5.61. The van der Waals surface area contributed by atoms with E-state index < -0.39 is 0 Å². The maximum atomic E-state index is 12.4. The number of amides is 1. The first-order chi connectivity index (χ1) is 15.0. The number of benzene rings is 1. The van der Waals surface area contributed by atoms with E-state index in [9.17, 15) is 4.79 Å². The Morgan fingerprint density at radius 2 is 1.61 bits per heavy atom. The summed E-state index contributed by atoms with van der Waals surface area (Å²) in [5.74, 6) is 2.37. The number of anilines is 5. The van der Waals surface area contributed by atoms with Gasteiger partial charge in [-0.1, -0.05) is 6.07 Å². The lowest BCUT2D eigenvalue weighted by molar-refractivity contribution is 0.102. The number of carbonyl (C=O) groups excluding carboxylic acids is 1. The Balaban J connectivity index is 1.43. The topological polar surface area (TPSA) is 105 Å². The second-order valence-electron chi connectivity index (χ2n) is 6.57. The van der Waals surface area contributed by atoms with Crippen LogP contribution in [0.1, 0.15) is 16.2 Å². The number of nitrogens with zero attached hydrogens (tertiary/aromatic N) is 4. The van der Waals surface area contributed by atoms with Gasteiger partial charge in [-0.3, -0.25) is 9.78 Å². The monoisotopic (exact) mass is 475 g/mol. The van der Waals surface area contributed by atoms with Gasteiger partial charge in [0.05, 0.1) is 5.56 Å². The summed E-state index contributed by atoms with van der Waals surface area (Å²) in [5.41, 5.74) is 1.97. The fourth-order valence-electron chi connectivity index (χ4n) is 2.79. The molecule has 0 radical (unpaired) electrons. The van der Waals surface area contributed by atoms with Crippen molar-refractivity contribution in [2.75, 3.05) is 16.0 Å². The number of halogens is 1. The number of aromatic nitrogens is 4. The van der Waals surface area contributed by atoms with Gasteiger partial charge in [0, 0.05) is 40.5 Å². The molecule has 3 heterocycles. The van der Waals surface area contributed by atoms with E-state index in [1.807, 2.05) is 49.4 Å². The van der Waals surface area contributed by atoms with Crippen molar-refractivity contribution in [3.05, 3.63) is 89.0 Å². The normalized spacial score (nSPS) is 10.4. The number of rotatable bonds is 6. The summed E-state index contributed by atoms with van der Waals surface area (Å²) in [6.45, 7) is 1.82. The van der Waals surface area contributed by atoms with E-state index in [2.05, 4.69) is 51.8 Å². The second-order valence-corrected chi connectivity index (χ2v) is 7.49. The van der Waals surface area contributed by atoms with E-state index in [4.69, 9.17) is 0 Å². The molecular formula is C22H18BrN7O. The molecule has 0 aliphatic carbocycles. The number of carbonyl (C=O) groups is 1. The van der Waals surface area contributed by atoms with E-state index in [0.29, 0.717) is 34.5 Å². The lowest BCUT2D eigenvalue weighted by Gasteiger charge is -2.11. The molecule has 0 aliphatic heterocycles. The molecule has 0 saturated carbocycles. The van der Waals surface area contributed by atoms with Crippen molar-refractivity contribution in [2.24, 2.45) is 0 Å². The molecule has 0 aliphatic rings. The molecule has 3 N–H and O–H groups in total. The van der Waals surface area contributed by atoms with Gasteiger partial charge in [0.2, 0.25) is 0 Å². The van der Waals surface area contributed by atoms with Crippen LogP contribution >= 0.6 is 15.9 Å². The molecular weight excluding hydrogens is 458 g/mol. The highest BCUT2D eigenvalue weighted by molar-refractivity contribution is 9.10. The minimum absolute atomic E-state index is 0.230. The molecule has 31 heavy (non-hydrogen) atoms. The number of hydrogen-bond acceptors (Lipinski definition) is 7. The van der Waals surface area contributed by atoms with Gasteiger partial charge in [0.25, 0.3) is 5.91 Å². The summed E-state index contributed by atoms with van der Waals surface area (Å²) in [5, 5.41) is 9.27. The Bertz CT molecular complexity index is 1200. The Morgan fingerprint density at radius 3 is 2.32 bits per heavy atom. The largest absolute Gasteiger partial charge is 0.340 e. The molecule has 0 bridgehead atoms. The third-order valence-corrected chi connectivity index (χ3v) is 4.57. The van der Waals surface area contributed by atoms with E-state index in [0.717, 1.165) is 10.2 Å².